The van der Waals surface area contributed by atoms with Gasteiger partial charge in [0.1, 0.15) is 5.82 Å². The third-order valence-corrected chi connectivity index (χ3v) is 5.00. The lowest BCUT2D eigenvalue weighted by molar-refractivity contribution is 0.410. The molecule has 5 nitrogen and oxygen atoms in total. The average Bonchev–Trinajstić information content (AvgIpc) is 3.13. The summed E-state index contributed by atoms with van der Waals surface area (Å²) in [6, 6.07) is 2.18. The van der Waals surface area contributed by atoms with Crippen molar-refractivity contribution in [3.8, 4) is 0 Å². The highest BCUT2D eigenvalue weighted by Crippen LogP contribution is 2.31. The van der Waals surface area contributed by atoms with E-state index in [2.05, 4.69) is 33.3 Å². The van der Waals surface area contributed by atoms with Crippen LogP contribution < -0.4 is 5.32 Å². The second-order valence-corrected chi connectivity index (χ2v) is 6.49. The third kappa shape index (κ3) is 2.45. The predicted molar refractivity (Wildman–Crippen MR) is 83.6 cm³/mol. The molecular weight excluding hydrogens is 262 g/mol. The number of nitrogens with zero attached hydrogens (tertiary/aromatic N) is 3. The Balaban J connectivity index is 1.70. The lowest BCUT2D eigenvalue weighted by Crippen LogP contribution is -2.26. The number of rotatable bonds is 2. The SMILES string of the molecule is CN1CCC(c2nc3nccc(C4CCNCC4)c3[nH]2)C1. The maximum atomic E-state index is 4.78. The predicted octanol–water partition coefficient (Wildman–Crippen LogP) is 1.84. The van der Waals surface area contributed by atoms with Crippen LogP contribution in [0.5, 0.6) is 0 Å². The fraction of sp³-hybridized carbons (Fsp3) is 0.625. The first-order valence-electron chi connectivity index (χ1n) is 8.05. The van der Waals surface area contributed by atoms with Crippen molar-refractivity contribution in [3.05, 3.63) is 23.7 Å². The number of hydrogen-bond acceptors (Lipinski definition) is 4. The first-order chi connectivity index (χ1) is 10.3. The van der Waals surface area contributed by atoms with E-state index in [0.29, 0.717) is 11.8 Å². The van der Waals surface area contributed by atoms with Crippen molar-refractivity contribution in [2.75, 3.05) is 33.2 Å². The summed E-state index contributed by atoms with van der Waals surface area (Å²) in [7, 11) is 2.18. The second-order valence-electron chi connectivity index (χ2n) is 6.49. The highest BCUT2D eigenvalue weighted by atomic mass is 15.1. The van der Waals surface area contributed by atoms with Crippen molar-refractivity contribution in [1.29, 1.82) is 0 Å². The number of nitrogens with one attached hydrogen (secondary N) is 2. The minimum absolute atomic E-state index is 0.532. The number of pyridine rings is 1. The maximum Gasteiger partial charge on any atom is 0.177 e. The molecule has 0 aliphatic carbocycles. The number of hydrogen-bond donors (Lipinski definition) is 2. The van der Waals surface area contributed by atoms with Crippen LogP contribution in [-0.2, 0) is 0 Å². The van der Waals surface area contributed by atoms with E-state index in [4.69, 9.17) is 4.98 Å². The molecule has 2 aliphatic heterocycles. The highest BCUT2D eigenvalue weighted by molar-refractivity contribution is 5.75. The van der Waals surface area contributed by atoms with E-state index < -0.39 is 0 Å². The maximum absolute atomic E-state index is 4.78. The Labute approximate surface area is 125 Å². The summed E-state index contributed by atoms with van der Waals surface area (Å²) in [5, 5.41) is 3.44. The van der Waals surface area contributed by atoms with E-state index in [9.17, 15) is 0 Å². The first-order valence-corrected chi connectivity index (χ1v) is 8.05. The van der Waals surface area contributed by atoms with Crippen molar-refractivity contribution < 1.29 is 0 Å². The van der Waals surface area contributed by atoms with Gasteiger partial charge in [0.05, 0.1) is 5.52 Å². The Bertz CT molecular complexity index is 629. The van der Waals surface area contributed by atoms with Gasteiger partial charge < -0.3 is 15.2 Å². The normalized spacial score (nSPS) is 24.9. The first kappa shape index (κ1) is 13.2. The fourth-order valence-electron chi connectivity index (χ4n) is 3.77. The van der Waals surface area contributed by atoms with E-state index in [-0.39, 0.29) is 0 Å². The molecule has 2 fully saturated rings. The third-order valence-electron chi connectivity index (χ3n) is 5.00. The average molecular weight is 285 g/mol. The van der Waals surface area contributed by atoms with Gasteiger partial charge in [-0.2, -0.15) is 0 Å². The van der Waals surface area contributed by atoms with E-state index in [1.54, 1.807) is 0 Å². The lowest BCUT2D eigenvalue weighted by atomic mass is 9.90. The van der Waals surface area contributed by atoms with Crippen molar-refractivity contribution in [3.63, 3.8) is 0 Å². The van der Waals surface area contributed by atoms with Gasteiger partial charge in [-0.1, -0.05) is 0 Å². The number of piperidine rings is 1. The van der Waals surface area contributed by atoms with Gasteiger partial charge in [-0.05, 0) is 63.5 Å². The molecule has 5 heteroatoms. The number of aromatic nitrogens is 3. The number of H-pyrrole nitrogens is 1. The largest absolute Gasteiger partial charge is 0.340 e. The monoisotopic (exact) mass is 285 g/mol. The molecule has 0 spiro atoms. The summed E-state index contributed by atoms with van der Waals surface area (Å²) in [5.74, 6) is 2.30. The smallest absolute Gasteiger partial charge is 0.177 e. The summed E-state index contributed by atoms with van der Waals surface area (Å²) >= 11 is 0. The number of likely N-dealkylation sites (tertiary alicyclic amines) is 1. The molecule has 0 saturated carbocycles. The second kappa shape index (κ2) is 5.39. The van der Waals surface area contributed by atoms with Gasteiger partial charge in [0.2, 0.25) is 0 Å². The van der Waals surface area contributed by atoms with Crippen LogP contribution in [0.3, 0.4) is 0 Å². The quantitative estimate of drug-likeness (QED) is 0.884. The summed E-state index contributed by atoms with van der Waals surface area (Å²) in [6.07, 6.45) is 5.53. The van der Waals surface area contributed by atoms with Crippen LogP contribution >= 0.6 is 0 Å². The van der Waals surface area contributed by atoms with Crippen LogP contribution in [0, 0.1) is 0 Å². The Hall–Kier alpha value is -1.46. The van der Waals surface area contributed by atoms with E-state index in [0.717, 1.165) is 37.7 Å². The Kier molecular flexibility index (Phi) is 3.39. The summed E-state index contributed by atoms with van der Waals surface area (Å²) in [4.78, 5) is 15.2. The van der Waals surface area contributed by atoms with Crippen LogP contribution in [0.15, 0.2) is 12.3 Å². The number of aromatic amines is 1. The summed E-state index contributed by atoms with van der Waals surface area (Å²) in [5.41, 5.74) is 3.48. The summed E-state index contributed by atoms with van der Waals surface area (Å²) in [6.45, 7) is 4.49. The number of likely N-dealkylation sites (N-methyl/N-ethyl adjacent to an activating group) is 1. The van der Waals surface area contributed by atoms with Gasteiger partial charge in [-0.3, -0.25) is 0 Å². The zero-order valence-electron chi connectivity index (χ0n) is 12.6. The van der Waals surface area contributed by atoms with E-state index in [1.807, 2.05) is 6.20 Å². The van der Waals surface area contributed by atoms with Gasteiger partial charge >= 0.3 is 0 Å². The molecular formula is C16H23N5. The molecule has 0 aromatic carbocycles. The Morgan fingerprint density at radius 3 is 2.81 bits per heavy atom. The molecule has 21 heavy (non-hydrogen) atoms. The van der Waals surface area contributed by atoms with Crippen molar-refractivity contribution in [1.82, 2.24) is 25.2 Å². The molecule has 2 N–H and O–H groups in total. The fourth-order valence-corrected chi connectivity index (χ4v) is 3.77. The molecule has 1 atom stereocenters. The molecule has 2 aliphatic rings. The van der Waals surface area contributed by atoms with Crippen molar-refractivity contribution >= 4 is 11.2 Å². The molecule has 2 aromatic rings. The number of fused-ring (bicyclic) bond motifs is 1. The minimum atomic E-state index is 0.532. The molecule has 2 saturated heterocycles. The molecule has 2 aromatic heterocycles. The van der Waals surface area contributed by atoms with Gasteiger partial charge in [-0.15, -0.1) is 0 Å². The van der Waals surface area contributed by atoms with Gasteiger partial charge in [0.25, 0.3) is 0 Å². The van der Waals surface area contributed by atoms with Crippen LogP contribution in [0.1, 0.15) is 42.5 Å². The minimum Gasteiger partial charge on any atom is -0.340 e. The molecule has 4 heterocycles. The Morgan fingerprint density at radius 2 is 2.05 bits per heavy atom. The van der Waals surface area contributed by atoms with Crippen LogP contribution in [-0.4, -0.2) is 53.1 Å². The standard InChI is InChI=1S/C16H23N5/c1-21-9-5-12(10-21)15-19-14-13(4-8-18-16(14)20-15)11-2-6-17-7-3-11/h4,8,11-12,17H,2-3,5-7,9-10H2,1H3,(H,18,19,20). The van der Waals surface area contributed by atoms with Crippen molar-refractivity contribution in [2.24, 2.45) is 0 Å². The van der Waals surface area contributed by atoms with Crippen LogP contribution in [0.25, 0.3) is 11.2 Å². The Morgan fingerprint density at radius 1 is 1.19 bits per heavy atom. The molecule has 1 unspecified atom stereocenters. The molecule has 0 radical (unpaired) electrons. The van der Waals surface area contributed by atoms with Crippen molar-refractivity contribution in [2.45, 2.75) is 31.1 Å². The molecule has 0 amide bonds. The van der Waals surface area contributed by atoms with Gasteiger partial charge in [0.15, 0.2) is 5.65 Å². The van der Waals surface area contributed by atoms with Crippen LogP contribution in [0.2, 0.25) is 0 Å². The molecule has 4 rings (SSSR count). The molecule has 0 bridgehead atoms. The summed E-state index contributed by atoms with van der Waals surface area (Å²) < 4.78 is 0. The topological polar surface area (TPSA) is 56.8 Å². The van der Waals surface area contributed by atoms with Gasteiger partial charge in [0, 0.05) is 18.7 Å². The molecule has 112 valence electrons. The number of imidazole rings is 1. The van der Waals surface area contributed by atoms with Crippen LogP contribution in [0.4, 0.5) is 0 Å². The zero-order chi connectivity index (χ0) is 14.2. The van der Waals surface area contributed by atoms with E-state index >= 15 is 0 Å². The van der Waals surface area contributed by atoms with Gasteiger partial charge in [-0.25, -0.2) is 9.97 Å². The van der Waals surface area contributed by atoms with E-state index in [1.165, 1.54) is 30.3 Å². The highest BCUT2D eigenvalue weighted by Gasteiger charge is 2.25. The lowest BCUT2D eigenvalue weighted by Gasteiger charge is -2.23. The zero-order valence-corrected chi connectivity index (χ0v) is 12.6.